The first kappa shape index (κ1) is 56.9. The highest BCUT2D eigenvalue weighted by Gasteiger charge is 2.21. The van der Waals surface area contributed by atoms with Gasteiger partial charge in [0.05, 0.1) is 31.2 Å². The topological polar surface area (TPSA) is 76.1 Å². The predicted octanol–water partition coefficient (Wildman–Crippen LogP) is 15.5. The molecule has 0 bridgehead atoms. The number of hydrogen-bond acceptors (Lipinski definition) is 6. The molecule has 0 saturated carbocycles. The SMILES string of the molecule is CCCCCCCCC(CCCCCC)C(=O)OCCCCCCN(CCCCCCOC(=O)C(CCCCCC)CCCCCCCC)CC(O)CCCCCC. The number of hydrogen-bond donors (Lipinski definition) is 1. The van der Waals surface area contributed by atoms with Gasteiger partial charge in [0.15, 0.2) is 0 Å². The average molecular weight is 822 g/mol. The van der Waals surface area contributed by atoms with Crippen molar-refractivity contribution in [2.45, 2.75) is 278 Å². The Hall–Kier alpha value is -1.14. The van der Waals surface area contributed by atoms with Crippen LogP contribution in [0.2, 0.25) is 0 Å². The third-order valence-electron chi connectivity index (χ3n) is 12.4. The van der Waals surface area contributed by atoms with Gasteiger partial charge in [0, 0.05) is 6.54 Å². The van der Waals surface area contributed by atoms with Gasteiger partial charge in [-0.25, -0.2) is 0 Å². The van der Waals surface area contributed by atoms with Gasteiger partial charge in [-0.3, -0.25) is 9.59 Å². The van der Waals surface area contributed by atoms with Crippen molar-refractivity contribution in [3.8, 4) is 0 Å². The van der Waals surface area contributed by atoms with Crippen molar-refractivity contribution in [2.75, 3.05) is 32.8 Å². The summed E-state index contributed by atoms with van der Waals surface area (Å²) in [5.41, 5.74) is 0. The number of rotatable bonds is 47. The fourth-order valence-corrected chi connectivity index (χ4v) is 8.39. The van der Waals surface area contributed by atoms with Gasteiger partial charge in [0.25, 0.3) is 0 Å². The second-order valence-electron chi connectivity index (χ2n) is 18.2. The minimum absolute atomic E-state index is 0.0489. The second-order valence-corrected chi connectivity index (χ2v) is 18.2. The van der Waals surface area contributed by atoms with E-state index < -0.39 is 0 Å². The van der Waals surface area contributed by atoms with Crippen molar-refractivity contribution in [1.29, 1.82) is 0 Å². The Morgan fingerprint density at radius 3 is 1.02 bits per heavy atom. The van der Waals surface area contributed by atoms with Gasteiger partial charge in [-0.05, 0) is 70.9 Å². The molecule has 0 aromatic carbocycles. The lowest BCUT2D eigenvalue weighted by molar-refractivity contribution is -0.150. The molecule has 0 aromatic heterocycles. The summed E-state index contributed by atoms with van der Waals surface area (Å²) in [6.07, 6.45) is 42.8. The smallest absolute Gasteiger partial charge is 0.308 e. The molecule has 0 spiro atoms. The van der Waals surface area contributed by atoms with E-state index >= 15 is 0 Å². The summed E-state index contributed by atoms with van der Waals surface area (Å²) in [6.45, 7) is 15.1. The summed E-state index contributed by atoms with van der Waals surface area (Å²) < 4.78 is 11.7. The summed E-state index contributed by atoms with van der Waals surface area (Å²) in [5.74, 6) is 0.259. The van der Waals surface area contributed by atoms with E-state index in [0.29, 0.717) is 13.2 Å². The Morgan fingerprint density at radius 2 is 0.655 bits per heavy atom. The highest BCUT2D eigenvalue weighted by atomic mass is 16.5. The maximum atomic E-state index is 13.1. The fraction of sp³-hybridized carbons (Fsp3) is 0.962. The van der Waals surface area contributed by atoms with E-state index in [0.717, 1.165) is 135 Å². The van der Waals surface area contributed by atoms with Crippen LogP contribution in [0.5, 0.6) is 0 Å². The van der Waals surface area contributed by atoms with Crippen molar-refractivity contribution in [2.24, 2.45) is 11.8 Å². The van der Waals surface area contributed by atoms with Crippen molar-refractivity contribution >= 4 is 11.9 Å². The standard InChI is InChI=1S/C52H103NO5/c1-6-11-16-21-23-31-40-48(38-29-18-13-8-3)51(55)57-45-36-27-25-34-43-53(47-50(54)42-33-20-15-10-5)44-35-26-28-37-46-58-52(56)49(39-30-19-14-9-4)41-32-24-22-17-12-7-2/h48-50,54H,6-47H2,1-5H3. The molecule has 0 heterocycles. The Kier molecular flexibility index (Phi) is 44.5. The summed E-state index contributed by atoms with van der Waals surface area (Å²) >= 11 is 0. The van der Waals surface area contributed by atoms with Crippen LogP contribution in [0, 0.1) is 11.8 Å². The number of ether oxygens (including phenoxy) is 2. The maximum Gasteiger partial charge on any atom is 0.308 e. The van der Waals surface area contributed by atoms with Crippen LogP contribution in [0.4, 0.5) is 0 Å². The van der Waals surface area contributed by atoms with E-state index in [4.69, 9.17) is 9.47 Å². The molecule has 6 heteroatoms. The van der Waals surface area contributed by atoms with Gasteiger partial charge >= 0.3 is 11.9 Å². The number of esters is 2. The molecule has 3 atom stereocenters. The number of carbonyl (C=O) groups is 2. The molecule has 0 aliphatic carbocycles. The highest BCUT2D eigenvalue weighted by molar-refractivity contribution is 5.72. The van der Waals surface area contributed by atoms with E-state index in [1.54, 1.807) is 0 Å². The van der Waals surface area contributed by atoms with Crippen molar-refractivity contribution in [3.05, 3.63) is 0 Å². The first-order valence-corrected chi connectivity index (χ1v) is 26.2. The van der Waals surface area contributed by atoms with Gasteiger partial charge < -0.3 is 19.5 Å². The Labute approximate surface area is 362 Å². The van der Waals surface area contributed by atoms with Crippen molar-refractivity contribution in [3.63, 3.8) is 0 Å². The van der Waals surface area contributed by atoms with Gasteiger partial charge in [0.1, 0.15) is 0 Å². The molecular weight excluding hydrogens is 719 g/mol. The third-order valence-corrected chi connectivity index (χ3v) is 12.4. The fourth-order valence-electron chi connectivity index (χ4n) is 8.39. The number of unbranched alkanes of at least 4 members (excludes halogenated alkanes) is 25. The molecular formula is C52H103NO5. The van der Waals surface area contributed by atoms with Crippen LogP contribution in [-0.4, -0.2) is 60.9 Å². The molecule has 346 valence electrons. The zero-order chi connectivity index (χ0) is 42.6. The first-order chi connectivity index (χ1) is 28.4. The lowest BCUT2D eigenvalue weighted by Crippen LogP contribution is -2.34. The maximum absolute atomic E-state index is 13.1. The van der Waals surface area contributed by atoms with E-state index in [1.807, 2.05) is 0 Å². The molecule has 0 rings (SSSR count). The molecule has 1 N–H and O–H groups in total. The van der Waals surface area contributed by atoms with Gasteiger partial charge in [-0.15, -0.1) is 0 Å². The van der Waals surface area contributed by atoms with E-state index in [2.05, 4.69) is 39.5 Å². The zero-order valence-corrected chi connectivity index (χ0v) is 40.0. The molecule has 0 radical (unpaired) electrons. The zero-order valence-electron chi connectivity index (χ0n) is 40.0. The average Bonchev–Trinajstić information content (AvgIpc) is 3.22. The molecule has 0 amide bonds. The summed E-state index contributed by atoms with van der Waals surface area (Å²) in [7, 11) is 0. The molecule has 0 saturated heterocycles. The lowest BCUT2D eigenvalue weighted by Gasteiger charge is -2.25. The predicted molar refractivity (Wildman–Crippen MR) is 251 cm³/mol. The molecule has 58 heavy (non-hydrogen) atoms. The summed E-state index contributed by atoms with van der Waals surface area (Å²) in [4.78, 5) is 28.6. The van der Waals surface area contributed by atoms with E-state index in [9.17, 15) is 14.7 Å². The van der Waals surface area contributed by atoms with Gasteiger partial charge in [0.2, 0.25) is 0 Å². The minimum Gasteiger partial charge on any atom is -0.465 e. The molecule has 0 fully saturated rings. The quantitative estimate of drug-likeness (QED) is 0.0487. The van der Waals surface area contributed by atoms with Crippen LogP contribution >= 0.6 is 0 Å². The number of carbonyl (C=O) groups excluding carboxylic acids is 2. The van der Waals surface area contributed by atoms with E-state index in [-0.39, 0.29) is 29.9 Å². The number of nitrogens with zero attached hydrogens (tertiary/aromatic N) is 1. The number of aliphatic hydroxyl groups is 1. The van der Waals surface area contributed by atoms with E-state index in [1.165, 1.54) is 122 Å². The van der Waals surface area contributed by atoms with Gasteiger partial charge in [-0.2, -0.15) is 0 Å². The summed E-state index contributed by atoms with van der Waals surface area (Å²) in [6, 6.07) is 0. The Balaban J connectivity index is 4.64. The minimum atomic E-state index is -0.256. The first-order valence-electron chi connectivity index (χ1n) is 26.2. The monoisotopic (exact) mass is 822 g/mol. The highest BCUT2D eigenvalue weighted by Crippen LogP contribution is 2.22. The molecule has 6 nitrogen and oxygen atoms in total. The Bertz CT molecular complexity index is 794. The van der Waals surface area contributed by atoms with Crippen molar-refractivity contribution in [1.82, 2.24) is 4.90 Å². The van der Waals surface area contributed by atoms with Crippen LogP contribution in [0.1, 0.15) is 272 Å². The van der Waals surface area contributed by atoms with Crippen LogP contribution < -0.4 is 0 Å². The second kappa shape index (κ2) is 45.4. The number of aliphatic hydroxyl groups excluding tert-OH is 1. The lowest BCUT2D eigenvalue weighted by atomic mass is 9.94. The summed E-state index contributed by atoms with van der Waals surface area (Å²) in [5, 5.41) is 10.9. The molecule has 0 aromatic rings. The molecule has 0 aliphatic rings. The van der Waals surface area contributed by atoms with Gasteiger partial charge in [-0.1, -0.05) is 214 Å². The van der Waals surface area contributed by atoms with Crippen molar-refractivity contribution < 1.29 is 24.2 Å². The molecule has 3 unspecified atom stereocenters. The largest absolute Gasteiger partial charge is 0.465 e. The van der Waals surface area contributed by atoms with Crippen LogP contribution in [-0.2, 0) is 19.1 Å². The van der Waals surface area contributed by atoms with Crippen LogP contribution in [0.15, 0.2) is 0 Å². The third kappa shape index (κ3) is 37.8. The van der Waals surface area contributed by atoms with Crippen LogP contribution in [0.25, 0.3) is 0 Å². The van der Waals surface area contributed by atoms with Crippen LogP contribution in [0.3, 0.4) is 0 Å². The normalized spacial score (nSPS) is 13.2. The molecule has 0 aliphatic heterocycles. The Morgan fingerprint density at radius 1 is 0.379 bits per heavy atom.